The lowest BCUT2D eigenvalue weighted by atomic mass is 10.2. The van der Waals surface area contributed by atoms with E-state index >= 15 is 0 Å². The zero-order valence-corrected chi connectivity index (χ0v) is 12.9. The Balaban J connectivity index is 1.63. The van der Waals surface area contributed by atoms with E-state index in [0.717, 1.165) is 0 Å². The van der Waals surface area contributed by atoms with Crippen molar-refractivity contribution < 1.29 is 17.9 Å². The lowest BCUT2D eigenvalue weighted by molar-refractivity contribution is 0.174. The number of tetrazole rings is 1. The molecule has 3 aromatic rings. The van der Waals surface area contributed by atoms with E-state index in [2.05, 4.69) is 25.3 Å². The summed E-state index contributed by atoms with van der Waals surface area (Å²) in [4.78, 5) is 0.0803. The van der Waals surface area contributed by atoms with Gasteiger partial charge in [0.25, 0.3) is 10.0 Å². The van der Waals surface area contributed by atoms with E-state index in [4.69, 9.17) is 9.47 Å². The van der Waals surface area contributed by atoms with Crippen molar-refractivity contribution in [1.82, 2.24) is 20.6 Å². The third-order valence-corrected chi connectivity index (χ3v) is 4.75. The number of nitrogens with one attached hydrogen (secondary N) is 2. The highest BCUT2D eigenvalue weighted by atomic mass is 32.2. The van der Waals surface area contributed by atoms with Crippen LogP contribution in [0.15, 0.2) is 47.4 Å². The third kappa shape index (κ3) is 2.63. The van der Waals surface area contributed by atoms with Gasteiger partial charge in [-0.2, -0.15) is 5.21 Å². The summed E-state index contributed by atoms with van der Waals surface area (Å²) in [6.07, 6.45) is 0. The molecule has 4 rings (SSSR count). The summed E-state index contributed by atoms with van der Waals surface area (Å²) < 4.78 is 38.0. The topological polar surface area (TPSA) is 119 Å². The van der Waals surface area contributed by atoms with E-state index in [-0.39, 0.29) is 11.7 Å². The third-order valence-electron chi connectivity index (χ3n) is 3.37. The molecule has 0 atom stereocenters. The smallest absolute Gasteiger partial charge is 0.262 e. The monoisotopic (exact) mass is 345 g/mol. The number of ether oxygens (including phenoxy) is 2. The number of sulfonamides is 1. The zero-order valence-electron chi connectivity index (χ0n) is 12.1. The minimum absolute atomic E-state index is 0.0803. The highest BCUT2D eigenvalue weighted by Gasteiger charge is 2.20. The Labute approximate surface area is 136 Å². The molecular formula is C14H11N5O4S. The van der Waals surface area contributed by atoms with Gasteiger partial charge in [0.2, 0.25) is 12.6 Å². The Morgan fingerprint density at radius 1 is 1.08 bits per heavy atom. The quantitative estimate of drug-likeness (QED) is 0.733. The predicted octanol–water partition coefficient (Wildman–Crippen LogP) is 1.40. The van der Waals surface area contributed by atoms with Gasteiger partial charge < -0.3 is 9.47 Å². The van der Waals surface area contributed by atoms with Crippen LogP contribution in [-0.4, -0.2) is 35.8 Å². The van der Waals surface area contributed by atoms with Crippen molar-refractivity contribution in [3.8, 4) is 22.9 Å². The van der Waals surface area contributed by atoms with E-state index in [9.17, 15) is 8.42 Å². The number of hydrogen-bond acceptors (Lipinski definition) is 7. The lowest BCUT2D eigenvalue weighted by Crippen LogP contribution is -2.12. The SMILES string of the molecule is O=S(=O)(Nc1cccc(-c2nn[nH]n2)c1)c1ccc2c(c1)OCO2. The second kappa shape index (κ2) is 5.49. The first-order valence-electron chi connectivity index (χ1n) is 6.88. The van der Waals surface area contributed by atoms with Crippen molar-refractivity contribution >= 4 is 15.7 Å². The normalized spacial score (nSPS) is 13.0. The molecule has 2 N–H and O–H groups in total. The molecule has 10 heteroatoms. The molecule has 0 unspecified atom stereocenters. The Hall–Kier alpha value is -3.14. The zero-order chi connectivity index (χ0) is 16.6. The van der Waals surface area contributed by atoms with Crippen molar-refractivity contribution in [1.29, 1.82) is 0 Å². The molecular weight excluding hydrogens is 334 g/mol. The van der Waals surface area contributed by atoms with Crippen molar-refractivity contribution in [2.75, 3.05) is 11.5 Å². The van der Waals surface area contributed by atoms with Gasteiger partial charge in [-0.3, -0.25) is 4.72 Å². The van der Waals surface area contributed by atoms with Crippen LogP contribution in [0.3, 0.4) is 0 Å². The first kappa shape index (κ1) is 14.5. The van der Waals surface area contributed by atoms with E-state index in [0.29, 0.717) is 28.6 Å². The van der Waals surface area contributed by atoms with E-state index < -0.39 is 10.0 Å². The predicted molar refractivity (Wildman–Crippen MR) is 83.0 cm³/mol. The molecule has 0 saturated carbocycles. The average molecular weight is 345 g/mol. The van der Waals surface area contributed by atoms with Crippen LogP contribution < -0.4 is 14.2 Å². The van der Waals surface area contributed by atoms with Crippen LogP contribution in [-0.2, 0) is 10.0 Å². The second-order valence-corrected chi connectivity index (χ2v) is 6.62. The molecule has 0 radical (unpaired) electrons. The summed E-state index contributed by atoms with van der Waals surface area (Å²) in [5, 5.41) is 13.6. The summed E-state index contributed by atoms with van der Waals surface area (Å²) in [6, 6.07) is 11.1. The van der Waals surface area contributed by atoms with Gasteiger partial charge in [-0.05, 0) is 29.5 Å². The Morgan fingerprint density at radius 2 is 1.96 bits per heavy atom. The average Bonchev–Trinajstić information content (AvgIpc) is 3.25. The lowest BCUT2D eigenvalue weighted by Gasteiger charge is -2.09. The van der Waals surface area contributed by atoms with E-state index in [1.54, 1.807) is 30.3 Å². The van der Waals surface area contributed by atoms with Crippen molar-refractivity contribution in [3.63, 3.8) is 0 Å². The largest absolute Gasteiger partial charge is 0.454 e. The molecule has 1 aliphatic rings. The molecule has 0 bridgehead atoms. The molecule has 0 saturated heterocycles. The summed E-state index contributed by atoms with van der Waals surface area (Å²) in [7, 11) is -3.77. The van der Waals surface area contributed by atoms with E-state index in [1.807, 2.05) is 0 Å². The van der Waals surface area contributed by atoms with Crippen LogP contribution in [0.1, 0.15) is 0 Å². The molecule has 0 spiro atoms. The van der Waals surface area contributed by atoms with Crippen molar-refractivity contribution in [2.24, 2.45) is 0 Å². The van der Waals surface area contributed by atoms with E-state index in [1.165, 1.54) is 12.1 Å². The first-order chi connectivity index (χ1) is 11.6. The molecule has 1 aliphatic heterocycles. The summed E-state index contributed by atoms with van der Waals surface area (Å²) >= 11 is 0. The number of H-pyrrole nitrogens is 1. The highest BCUT2D eigenvalue weighted by molar-refractivity contribution is 7.92. The van der Waals surface area contributed by atoms with Gasteiger partial charge in [0.05, 0.1) is 4.90 Å². The number of anilines is 1. The fourth-order valence-corrected chi connectivity index (χ4v) is 3.33. The maximum atomic E-state index is 12.5. The maximum absolute atomic E-state index is 12.5. The van der Waals surface area contributed by atoms with Crippen molar-refractivity contribution in [3.05, 3.63) is 42.5 Å². The molecule has 0 aliphatic carbocycles. The van der Waals surface area contributed by atoms with Crippen LogP contribution >= 0.6 is 0 Å². The minimum Gasteiger partial charge on any atom is -0.454 e. The second-order valence-electron chi connectivity index (χ2n) is 4.94. The van der Waals surface area contributed by atoms with Crippen LogP contribution in [0.5, 0.6) is 11.5 Å². The fourth-order valence-electron chi connectivity index (χ4n) is 2.26. The van der Waals surface area contributed by atoms with Gasteiger partial charge >= 0.3 is 0 Å². The minimum atomic E-state index is -3.77. The fraction of sp³-hybridized carbons (Fsp3) is 0.0714. The molecule has 1 aromatic heterocycles. The number of fused-ring (bicyclic) bond motifs is 1. The summed E-state index contributed by atoms with van der Waals surface area (Å²) in [5.74, 6) is 1.30. The molecule has 24 heavy (non-hydrogen) atoms. The van der Waals surface area contributed by atoms with Crippen LogP contribution in [0.25, 0.3) is 11.4 Å². The number of nitrogens with zero attached hydrogens (tertiary/aromatic N) is 3. The molecule has 2 heterocycles. The van der Waals surface area contributed by atoms with Gasteiger partial charge in [-0.25, -0.2) is 8.42 Å². The van der Waals surface area contributed by atoms with Crippen LogP contribution in [0, 0.1) is 0 Å². The van der Waals surface area contributed by atoms with Gasteiger partial charge in [-0.15, -0.1) is 10.2 Å². The maximum Gasteiger partial charge on any atom is 0.262 e. The van der Waals surface area contributed by atoms with Gasteiger partial charge in [0.1, 0.15) is 0 Å². The van der Waals surface area contributed by atoms with Gasteiger partial charge in [0, 0.05) is 17.3 Å². The Kier molecular flexibility index (Phi) is 3.31. The van der Waals surface area contributed by atoms with Crippen molar-refractivity contribution in [2.45, 2.75) is 4.90 Å². The summed E-state index contributed by atoms with van der Waals surface area (Å²) in [5.41, 5.74) is 1.02. The van der Waals surface area contributed by atoms with Crippen LogP contribution in [0.2, 0.25) is 0 Å². The standard InChI is InChI=1S/C14H11N5O4S/c20-24(21,11-4-5-12-13(7-11)23-8-22-12)17-10-3-1-2-9(6-10)14-15-18-19-16-14/h1-7,17H,8H2,(H,15,16,18,19). The van der Waals surface area contributed by atoms with Crippen LogP contribution in [0.4, 0.5) is 5.69 Å². The molecule has 0 amide bonds. The Morgan fingerprint density at radius 3 is 2.79 bits per heavy atom. The van der Waals surface area contributed by atoms with Gasteiger partial charge in [-0.1, -0.05) is 12.1 Å². The highest BCUT2D eigenvalue weighted by Crippen LogP contribution is 2.34. The van der Waals surface area contributed by atoms with Gasteiger partial charge in [0.15, 0.2) is 11.5 Å². The number of benzene rings is 2. The molecule has 9 nitrogen and oxygen atoms in total. The number of aromatic nitrogens is 4. The number of hydrogen-bond donors (Lipinski definition) is 2. The molecule has 0 fully saturated rings. The first-order valence-corrected chi connectivity index (χ1v) is 8.36. The molecule has 122 valence electrons. The Bertz CT molecular complexity index is 988. The number of rotatable bonds is 4. The molecule has 2 aromatic carbocycles. The summed E-state index contributed by atoms with van der Waals surface area (Å²) in [6.45, 7) is 0.0823. The number of aromatic amines is 1.